The molecule has 0 radical (unpaired) electrons. The molecule has 0 saturated carbocycles. The van der Waals surface area contributed by atoms with Crippen molar-refractivity contribution >= 4 is 21.0 Å². The summed E-state index contributed by atoms with van der Waals surface area (Å²) in [5.74, 6) is 0. The molecule has 1 atom stereocenters. The van der Waals surface area contributed by atoms with Gasteiger partial charge in [0.05, 0.1) is 4.90 Å². The first-order chi connectivity index (χ1) is 11.5. The summed E-state index contributed by atoms with van der Waals surface area (Å²) in [5.41, 5.74) is 0.0369. The molecule has 0 bridgehead atoms. The molecule has 7 heteroatoms. The van der Waals surface area contributed by atoms with Crippen LogP contribution in [0, 0.1) is 5.41 Å². The van der Waals surface area contributed by atoms with Crippen molar-refractivity contribution in [2.75, 3.05) is 26.2 Å². The van der Waals surface area contributed by atoms with Crippen molar-refractivity contribution in [1.82, 2.24) is 9.62 Å². The lowest BCUT2D eigenvalue weighted by atomic mass is 9.80. The second-order valence-corrected chi connectivity index (χ2v) is 8.76. The molecule has 6 nitrogen and oxygen atoms in total. The van der Waals surface area contributed by atoms with E-state index in [2.05, 4.69) is 5.32 Å². The van der Waals surface area contributed by atoms with E-state index in [0.717, 1.165) is 32.4 Å². The Morgan fingerprint density at radius 2 is 2.04 bits per heavy atom. The highest BCUT2D eigenvalue weighted by atomic mass is 32.2. The monoisotopic (exact) mass is 348 g/mol. The Labute approximate surface area is 140 Å². The summed E-state index contributed by atoms with van der Waals surface area (Å²) in [6.45, 7) is 3.04. The van der Waals surface area contributed by atoms with Crippen LogP contribution in [0.25, 0.3) is 11.0 Å². The molecule has 2 aromatic rings. The molecule has 0 aliphatic carbocycles. The van der Waals surface area contributed by atoms with Crippen molar-refractivity contribution < 1.29 is 12.8 Å². The molecule has 1 aromatic heterocycles. The van der Waals surface area contributed by atoms with Crippen molar-refractivity contribution in [2.45, 2.75) is 24.2 Å². The third kappa shape index (κ3) is 2.66. The van der Waals surface area contributed by atoms with E-state index in [4.69, 9.17) is 4.42 Å². The highest BCUT2D eigenvalue weighted by Gasteiger charge is 2.43. The second-order valence-electron chi connectivity index (χ2n) is 6.82. The molecule has 2 saturated heterocycles. The fraction of sp³-hybridized carbons (Fsp3) is 0.471. The standard InChI is InChI=1S/C17H20N2O4S/c20-16-5-2-13-10-14(3-4-15(13)23-16)24(21,22)19-9-7-17(12-19)6-1-8-18-11-17/h2-5,10,18H,1,6-9,11-12H2/t17-/m1/s1. The Bertz CT molecular complexity index is 929. The minimum Gasteiger partial charge on any atom is -0.423 e. The second kappa shape index (κ2) is 5.68. The summed E-state index contributed by atoms with van der Waals surface area (Å²) >= 11 is 0. The van der Waals surface area contributed by atoms with Gasteiger partial charge in [0.1, 0.15) is 5.58 Å². The number of nitrogens with one attached hydrogen (secondary N) is 1. The number of fused-ring (bicyclic) bond motifs is 1. The summed E-state index contributed by atoms with van der Waals surface area (Å²) in [4.78, 5) is 11.5. The first kappa shape index (κ1) is 15.8. The number of hydrogen-bond acceptors (Lipinski definition) is 5. The van der Waals surface area contributed by atoms with Gasteiger partial charge in [-0.25, -0.2) is 13.2 Å². The van der Waals surface area contributed by atoms with Gasteiger partial charge < -0.3 is 9.73 Å². The van der Waals surface area contributed by atoms with Gasteiger partial charge in [0, 0.05) is 31.1 Å². The Balaban J connectivity index is 1.65. The zero-order valence-corrected chi connectivity index (χ0v) is 14.1. The number of piperidine rings is 1. The first-order valence-electron chi connectivity index (χ1n) is 8.23. The van der Waals surface area contributed by atoms with Crippen LogP contribution in [0.5, 0.6) is 0 Å². The van der Waals surface area contributed by atoms with Crippen LogP contribution in [-0.4, -0.2) is 38.9 Å². The van der Waals surface area contributed by atoms with E-state index in [0.29, 0.717) is 24.1 Å². The summed E-state index contributed by atoms with van der Waals surface area (Å²) in [6, 6.07) is 7.55. The predicted molar refractivity (Wildman–Crippen MR) is 90.4 cm³/mol. The molecule has 1 N–H and O–H groups in total. The van der Waals surface area contributed by atoms with Gasteiger partial charge in [-0.2, -0.15) is 4.31 Å². The van der Waals surface area contributed by atoms with Crippen molar-refractivity contribution in [2.24, 2.45) is 5.41 Å². The topological polar surface area (TPSA) is 79.6 Å². The number of hydrogen-bond donors (Lipinski definition) is 1. The van der Waals surface area contributed by atoms with E-state index in [1.807, 2.05) is 0 Å². The molecule has 1 spiro atoms. The minimum absolute atomic E-state index is 0.0783. The van der Waals surface area contributed by atoms with E-state index in [1.54, 1.807) is 22.5 Å². The molecule has 0 unspecified atom stereocenters. The predicted octanol–water partition coefficient (Wildman–Crippen LogP) is 1.56. The smallest absolute Gasteiger partial charge is 0.336 e. The number of benzene rings is 1. The van der Waals surface area contributed by atoms with Crippen molar-refractivity contribution in [3.05, 3.63) is 40.8 Å². The molecule has 2 fully saturated rings. The van der Waals surface area contributed by atoms with Crippen LogP contribution >= 0.6 is 0 Å². The van der Waals surface area contributed by atoms with Gasteiger partial charge in [-0.15, -0.1) is 0 Å². The molecular formula is C17H20N2O4S. The van der Waals surface area contributed by atoms with E-state index < -0.39 is 15.6 Å². The van der Waals surface area contributed by atoms with E-state index in [1.165, 1.54) is 12.1 Å². The lowest BCUT2D eigenvalue weighted by Gasteiger charge is -2.33. The number of nitrogens with zero attached hydrogens (tertiary/aromatic N) is 1. The Kier molecular flexibility index (Phi) is 3.74. The van der Waals surface area contributed by atoms with Gasteiger partial charge >= 0.3 is 5.63 Å². The van der Waals surface area contributed by atoms with Gasteiger partial charge in [0.25, 0.3) is 0 Å². The van der Waals surface area contributed by atoms with Gasteiger partial charge in [-0.05, 0) is 55.5 Å². The molecule has 0 amide bonds. The van der Waals surface area contributed by atoms with Crippen LogP contribution in [0.1, 0.15) is 19.3 Å². The van der Waals surface area contributed by atoms with Crippen LogP contribution in [0.4, 0.5) is 0 Å². The number of rotatable bonds is 2. The number of sulfonamides is 1. The SMILES string of the molecule is O=c1ccc2cc(S(=O)(=O)N3CC[C@@]4(CCCNC4)C3)ccc2o1. The average molecular weight is 348 g/mol. The molecular weight excluding hydrogens is 328 g/mol. The third-order valence-electron chi connectivity index (χ3n) is 5.19. The fourth-order valence-electron chi connectivity index (χ4n) is 3.84. The first-order valence-corrected chi connectivity index (χ1v) is 9.67. The summed E-state index contributed by atoms with van der Waals surface area (Å²) in [5, 5.41) is 4.01. The minimum atomic E-state index is -3.53. The van der Waals surface area contributed by atoms with Crippen molar-refractivity contribution in [1.29, 1.82) is 0 Å². The van der Waals surface area contributed by atoms with Crippen LogP contribution < -0.4 is 10.9 Å². The largest absolute Gasteiger partial charge is 0.423 e. The molecule has 128 valence electrons. The van der Waals surface area contributed by atoms with Gasteiger partial charge in [-0.1, -0.05) is 0 Å². The molecule has 2 aliphatic rings. The maximum Gasteiger partial charge on any atom is 0.336 e. The molecule has 2 aliphatic heterocycles. The van der Waals surface area contributed by atoms with Gasteiger partial charge in [0.15, 0.2) is 0 Å². The van der Waals surface area contributed by atoms with Crippen LogP contribution in [0.3, 0.4) is 0 Å². The molecule has 4 rings (SSSR count). The van der Waals surface area contributed by atoms with Crippen LogP contribution in [0.15, 0.2) is 44.4 Å². The lowest BCUT2D eigenvalue weighted by molar-refractivity contribution is 0.225. The van der Waals surface area contributed by atoms with Crippen LogP contribution in [-0.2, 0) is 10.0 Å². The molecule has 24 heavy (non-hydrogen) atoms. The van der Waals surface area contributed by atoms with E-state index >= 15 is 0 Å². The molecule has 3 heterocycles. The Morgan fingerprint density at radius 3 is 2.83 bits per heavy atom. The summed E-state index contributed by atoms with van der Waals surface area (Å²) in [6.07, 6.45) is 3.08. The van der Waals surface area contributed by atoms with Gasteiger partial charge in [-0.3, -0.25) is 0 Å². The van der Waals surface area contributed by atoms with Gasteiger partial charge in [0.2, 0.25) is 10.0 Å². The van der Waals surface area contributed by atoms with E-state index in [-0.39, 0.29) is 10.3 Å². The van der Waals surface area contributed by atoms with E-state index in [9.17, 15) is 13.2 Å². The highest BCUT2D eigenvalue weighted by Crippen LogP contribution is 2.38. The normalized spacial score (nSPS) is 25.5. The fourth-order valence-corrected chi connectivity index (χ4v) is 5.43. The summed E-state index contributed by atoms with van der Waals surface area (Å²) < 4.78 is 32.6. The summed E-state index contributed by atoms with van der Waals surface area (Å²) in [7, 11) is -3.53. The van der Waals surface area contributed by atoms with Crippen molar-refractivity contribution in [3.63, 3.8) is 0 Å². The average Bonchev–Trinajstić information content (AvgIpc) is 2.99. The Hall–Kier alpha value is -1.70. The van der Waals surface area contributed by atoms with Crippen LogP contribution in [0.2, 0.25) is 0 Å². The zero-order chi connectivity index (χ0) is 16.8. The zero-order valence-electron chi connectivity index (χ0n) is 13.3. The third-order valence-corrected chi connectivity index (χ3v) is 7.03. The molecule has 1 aromatic carbocycles. The quantitative estimate of drug-likeness (QED) is 0.833. The maximum absolute atomic E-state index is 13.0. The Morgan fingerprint density at radius 1 is 1.17 bits per heavy atom. The maximum atomic E-state index is 13.0. The van der Waals surface area contributed by atoms with Crippen molar-refractivity contribution in [3.8, 4) is 0 Å². The lowest BCUT2D eigenvalue weighted by Crippen LogP contribution is -2.42. The highest BCUT2D eigenvalue weighted by molar-refractivity contribution is 7.89.